The molecule has 1 heterocycles. The van der Waals surface area contributed by atoms with Gasteiger partial charge in [-0.25, -0.2) is 4.89 Å². The minimum atomic E-state index is -1.27. The van der Waals surface area contributed by atoms with Crippen molar-refractivity contribution in [1.29, 1.82) is 0 Å². The van der Waals surface area contributed by atoms with Crippen molar-refractivity contribution in [3.8, 4) is 0 Å². The molecule has 5 aliphatic rings. The first-order chi connectivity index (χ1) is 10.7. The van der Waals surface area contributed by atoms with E-state index in [1.165, 1.54) is 32.1 Å². The quantitative estimate of drug-likeness (QED) is 0.557. The Morgan fingerprint density at radius 2 is 1.73 bits per heavy atom. The van der Waals surface area contributed by atoms with Crippen LogP contribution >= 0.6 is 30.1 Å². The van der Waals surface area contributed by atoms with Crippen molar-refractivity contribution in [3.63, 3.8) is 0 Å². The van der Waals surface area contributed by atoms with E-state index < -0.39 is 11.4 Å². The maximum absolute atomic E-state index is 11.4. The van der Waals surface area contributed by atoms with Crippen LogP contribution in [-0.4, -0.2) is 10.7 Å². The van der Waals surface area contributed by atoms with E-state index in [1.807, 2.05) is 18.2 Å². The molecule has 1 N–H and O–H groups in total. The predicted molar refractivity (Wildman–Crippen MR) is 92.2 cm³/mol. The smallest absolute Gasteiger partial charge is 0.258 e. The van der Waals surface area contributed by atoms with Crippen LogP contribution in [0, 0.1) is 23.7 Å². The molecule has 1 aromatic carbocycles. The van der Waals surface area contributed by atoms with Gasteiger partial charge in [-0.1, -0.05) is 21.1 Å². The summed E-state index contributed by atoms with van der Waals surface area (Å²) in [4.78, 5) is 12.3. The van der Waals surface area contributed by atoms with Crippen LogP contribution in [-0.2, 0) is 15.6 Å². The lowest BCUT2D eigenvalue weighted by Crippen LogP contribution is -2.76. The maximum Gasteiger partial charge on any atom is 0.258 e. The summed E-state index contributed by atoms with van der Waals surface area (Å²) in [7, 11) is 1.66. The Balaban J connectivity index is 1.58. The van der Waals surface area contributed by atoms with E-state index in [0.29, 0.717) is 11.8 Å². The van der Waals surface area contributed by atoms with Gasteiger partial charge in [-0.2, -0.15) is 4.89 Å². The highest BCUT2D eigenvalue weighted by Crippen LogP contribution is 2.68. The lowest BCUT2D eigenvalue weighted by atomic mass is 9.47. The van der Waals surface area contributed by atoms with Gasteiger partial charge in [-0.15, -0.1) is 0 Å². The van der Waals surface area contributed by atoms with Crippen LogP contribution in [0.1, 0.15) is 37.7 Å². The van der Waals surface area contributed by atoms with Crippen LogP contribution < -0.4 is 0 Å². The topological polar surface area (TPSA) is 38.7 Å². The van der Waals surface area contributed by atoms with Gasteiger partial charge in [0.15, 0.2) is 5.60 Å². The summed E-state index contributed by atoms with van der Waals surface area (Å²) in [5.74, 6) is 1.31. The van der Waals surface area contributed by atoms with Gasteiger partial charge in [-0.3, -0.25) is 0 Å². The molecule has 3 nitrogen and oxygen atoms in total. The fraction of sp³-hybridized carbons (Fsp3) is 0.647. The third kappa shape index (κ3) is 1.69. The summed E-state index contributed by atoms with van der Waals surface area (Å²) in [6.45, 7) is 0. The van der Waals surface area contributed by atoms with Crippen LogP contribution in [0.3, 0.4) is 0 Å². The minimum absolute atomic E-state index is 0.443. The Bertz CT molecular complexity index is 594. The van der Waals surface area contributed by atoms with Gasteiger partial charge in [0.05, 0.1) is 0 Å². The summed E-state index contributed by atoms with van der Waals surface area (Å²) < 4.78 is 0. The van der Waals surface area contributed by atoms with Gasteiger partial charge >= 0.3 is 0 Å². The molecule has 22 heavy (non-hydrogen) atoms. The molecule has 1 atom stereocenters. The highest BCUT2D eigenvalue weighted by atomic mass is 127. The van der Waals surface area contributed by atoms with Crippen LogP contribution in [0.4, 0.5) is 0 Å². The number of hydrogen-bond acceptors (Lipinski definition) is 4. The normalized spacial score (nSPS) is 48.6. The van der Waals surface area contributed by atoms with Crippen LogP contribution in [0.25, 0.3) is 0 Å². The largest absolute Gasteiger partial charge is 0.357 e. The molecule has 4 saturated carbocycles. The predicted octanol–water partition coefficient (Wildman–Crippen LogP) is 4.43. The molecule has 0 aromatic heterocycles. The first-order valence-electron chi connectivity index (χ1n) is 8.14. The second-order valence-corrected chi connectivity index (χ2v) is 9.46. The average Bonchev–Trinajstić information content (AvgIpc) is 2.52. The number of halogens is 1. The van der Waals surface area contributed by atoms with Crippen molar-refractivity contribution in [2.24, 2.45) is 23.7 Å². The summed E-state index contributed by atoms with van der Waals surface area (Å²) in [5, 5.41) is 11.4. The van der Waals surface area contributed by atoms with E-state index in [1.54, 1.807) is 8.93 Å². The van der Waals surface area contributed by atoms with Crippen molar-refractivity contribution >= 4 is 30.1 Å². The van der Waals surface area contributed by atoms with E-state index in [9.17, 15) is 5.11 Å². The van der Waals surface area contributed by atoms with E-state index >= 15 is 0 Å². The molecule has 1 unspecified atom stereocenters. The summed E-state index contributed by atoms with van der Waals surface area (Å²) in [6, 6.07) is 8.09. The Kier molecular flexibility index (Phi) is 3.20. The minimum Gasteiger partial charge on any atom is -0.357 e. The summed E-state index contributed by atoms with van der Waals surface area (Å²) in [5.41, 5.74) is 0.350. The zero-order chi connectivity index (χ0) is 14.9. The monoisotopic (exact) mass is 430 g/mol. The van der Waals surface area contributed by atoms with Crippen molar-refractivity contribution in [2.45, 2.75) is 48.4 Å². The zero-order valence-corrected chi connectivity index (χ0v) is 15.2. The Morgan fingerprint density at radius 3 is 2.27 bits per heavy atom. The molecule has 1 aliphatic heterocycles. The van der Waals surface area contributed by atoms with E-state index in [0.717, 1.165) is 22.3 Å². The van der Waals surface area contributed by atoms with Gasteiger partial charge in [0, 0.05) is 31.7 Å². The molecule has 1 aromatic rings. The fourth-order valence-corrected chi connectivity index (χ4v) is 6.94. The Morgan fingerprint density at radius 1 is 1.05 bits per heavy atom. The fourth-order valence-electron chi connectivity index (χ4n) is 5.82. The first-order valence-corrected chi connectivity index (χ1v) is 11.5. The van der Waals surface area contributed by atoms with Crippen LogP contribution in [0.5, 0.6) is 0 Å². The molecule has 1 spiro atoms. The van der Waals surface area contributed by atoms with Gasteiger partial charge < -0.3 is 5.11 Å². The molecule has 4 aliphatic carbocycles. The molecule has 4 bridgehead atoms. The molecule has 118 valence electrons. The van der Waals surface area contributed by atoms with Gasteiger partial charge in [0.1, 0.15) is 0 Å². The summed E-state index contributed by atoms with van der Waals surface area (Å²) >= 11 is 2.27. The van der Waals surface area contributed by atoms with Crippen molar-refractivity contribution in [1.82, 2.24) is 0 Å². The van der Waals surface area contributed by atoms with E-state index in [2.05, 4.69) is 27.3 Å². The summed E-state index contributed by atoms with van der Waals surface area (Å²) in [6.07, 6.45) is 6.17. The van der Waals surface area contributed by atoms with Crippen molar-refractivity contribution in [2.75, 3.05) is 0 Å². The van der Waals surface area contributed by atoms with Gasteiger partial charge in [0.2, 0.25) is 0 Å². The van der Waals surface area contributed by atoms with Crippen LogP contribution in [0.15, 0.2) is 29.2 Å². The second-order valence-electron chi connectivity index (χ2n) is 7.51. The molecule has 5 fully saturated rings. The van der Waals surface area contributed by atoms with E-state index in [-0.39, 0.29) is 0 Å². The van der Waals surface area contributed by atoms with E-state index in [4.69, 9.17) is 9.78 Å². The first kappa shape index (κ1) is 14.5. The molecular weight excluding hydrogens is 411 g/mol. The Hall–Kier alpha value is 0.180. The molecule has 1 saturated heterocycles. The molecule has 0 radical (unpaired) electrons. The lowest BCUT2D eigenvalue weighted by Gasteiger charge is -2.67. The zero-order valence-electron chi connectivity index (χ0n) is 12.2. The second kappa shape index (κ2) is 4.85. The highest BCUT2D eigenvalue weighted by molar-refractivity contribution is 14.2. The third-order valence-corrected chi connectivity index (χ3v) is 8.45. The number of benzene rings is 1. The Labute approximate surface area is 146 Å². The SMILES string of the molecule is OC1(c2cccc(SI)c2)OOC12C1CC3CC(C1)CC2C3. The van der Waals surface area contributed by atoms with Crippen molar-refractivity contribution in [3.05, 3.63) is 29.8 Å². The molecule has 0 amide bonds. The van der Waals surface area contributed by atoms with Crippen LogP contribution in [0.2, 0.25) is 0 Å². The van der Waals surface area contributed by atoms with Gasteiger partial charge in [-0.05, 0) is 67.9 Å². The molecule has 5 heteroatoms. The molecule has 6 rings (SSSR count). The number of rotatable bonds is 2. The van der Waals surface area contributed by atoms with Crippen molar-refractivity contribution < 1.29 is 14.9 Å². The third-order valence-electron chi connectivity index (χ3n) is 6.50. The lowest BCUT2D eigenvalue weighted by molar-refractivity contribution is -0.643. The number of aliphatic hydroxyl groups is 1. The van der Waals surface area contributed by atoms with Gasteiger partial charge in [0.25, 0.3) is 5.79 Å². The standard InChI is InChI=1S/C17H19IO3S/c18-22-15-3-1-2-12(9-15)17(19)16(20-21-17)13-5-10-4-11(7-13)8-14(16)6-10/h1-3,9-11,13-14,19H,4-8H2. The molecular formula is C17H19IO3S. The highest BCUT2D eigenvalue weighted by Gasteiger charge is 2.75. The number of hydrogen-bond donors (Lipinski definition) is 1. The average molecular weight is 430 g/mol. The maximum atomic E-state index is 11.4.